The van der Waals surface area contributed by atoms with Crippen molar-refractivity contribution in [2.24, 2.45) is 0 Å². The van der Waals surface area contributed by atoms with E-state index in [4.69, 9.17) is 21.7 Å². The van der Waals surface area contributed by atoms with E-state index in [9.17, 15) is 0 Å². The largest absolute Gasteiger partial charge is 0.454 e. The number of thiocarbonyl (C=S) groups is 1. The van der Waals surface area contributed by atoms with Gasteiger partial charge in [-0.15, -0.1) is 0 Å². The summed E-state index contributed by atoms with van der Waals surface area (Å²) in [6.07, 6.45) is 6.92. The van der Waals surface area contributed by atoms with Crippen molar-refractivity contribution in [1.29, 1.82) is 0 Å². The lowest BCUT2D eigenvalue weighted by atomic mass is 10.1. The topological polar surface area (TPSA) is 77.3 Å². The van der Waals surface area contributed by atoms with Crippen LogP contribution in [0.4, 0.5) is 5.82 Å². The van der Waals surface area contributed by atoms with Crippen LogP contribution < -0.4 is 14.8 Å². The molecule has 1 aromatic carbocycles. The van der Waals surface area contributed by atoms with E-state index < -0.39 is 0 Å². The molecule has 3 aromatic rings. The number of likely N-dealkylation sites (N-methyl/N-ethyl adjacent to an activating group) is 1. The maximum atomic E-state index is 5.80. The van der Waals surface area contributed by atoms with Crippen LogP contribution >= 0.6 is 12.2 Å². The first kappa shape index (κ1) is 21.0. The summed E-state index contributed by atoms with van der Waals surface area (Å²) in [4.78, 5) is 16.2. The number of hydrogen-bond acceptors (Lipinski definition) is 7. The van der Waals surface area contributed by atoms with E-state index in [-0.39, 0.29) is 12.8 Å². The number of aryl methyl sites for hydroxylation is 1. The van der Waals surface area contributed by atoms with E-state index in [2.05, 4.69) is 38.2 Å². The Labute approximate surface area is 187 Å². The molecule has 0 bridgehead atoms. The van der Waals surface area contributed by atoms with Crippen LogP contribution in [0.5, 0.6) is 11.5 Å². The number of rotatable bonds is 8. The predicted molar refractivity (Wildman–Crippen MR) is 123 cm³/mol. The molecular weight excluding hydrogens is 412 g/mol. The first-order valence-electron chi connectivity index (χ1n) is 10.3. The average Bonchev–Trinajstić information content (AvgIpc) is 3.46. The van der Waals surface area contributed by atoms with Crippen LogP contribution in [0.15, 0.2) is 43.0 Å². The highest BCUT2D eigenvalue weighted by atomic mass is 32.1. The summed E-state index contributed by atoms with van der Waals surface area (Å²) in [6, 6.07) is 7.99. The molecule has 3 heterocycles. The molecule has 0 spiro atoms. The van der Waals surface area contributed by atoms with Crippen LogP contribution in [0.25, 0.3) is 5.95 Å². The van der Waals surface area contributed by atoms with Crippen LogP contribution in [-0.2, 0) is 6.42 Å². The summed E-state index contributed by atoms with van der Waals surface area (Å²) in [5.74, 6) is 2.94. The van der Waals surface area contributed by atoms with Crippen LogP contribution in [-0.4, -0.2) is 55.8 Å². The zero-order valence-corrected chi connectivity index (χ0v) is 18.7. The van der Waals surface area contributed by atoms with Gasteiger partial charge in [-0.3, -0.25) is 4.57 Å². The summed E-state index contributed by atoms with van der Waals surface area (Å²) in [5.41, 5.74) is 2.06. The Balaban J connectivity index is 1.39. The molecule has 1 aliphatic heterocycles. The van der Waals surface area contributed by atoms with Gasteiger partial charge in [0.15, 0.2) is 11.5 Å². The molecule has 4 rings (SSSR count). The number of benzene rings is 1. The van der Waals surface area contributed by atoms with Gasteiger partial charge in [0.1, 0.15) is 17.1 Å². The van der Waals surface area contributed by atoms with Gasteiger partial charge in [0.05, 0.1) is 6.04 Å². The second-order valence-electron chi connectivity index (χ2n) is 7.47. The van der Waals surface area contributed by atoms with E-state index in [1.54, 1.807) is 17.1 Å². The summed E-state index contributed by atoms with van der Waals surface area (Å²) in [6.45, 7) is 5.15. The van der Waals surface area contributed by atoms with Gasteiger partial charge in [-0.05, 0) is 37.5 Å². The van der Waals surface area contributed by atoms with Crippen molar-refractivity contribution in [2.75, 3.05) is 25.7 Å². The standard InChI is InChI=1S/C22H26N6O2S/c1-4-17(25-20-11-15(2)24-22(26-20)28-10-8-23-13-28)21(31)27(3)9-7-16-5-6-18-19(12-16)30-14-29-18/h5-6,8,10-13,17H,4,7,9,14H2,1-3H3,(H,24,25,26). The van der Waals surface area contributed by atoms with E-state index in [0.717, 1.165) is 47.4 Å². The number of aromatic nitrogens is 4. The fourth-order valence-corrected chi connectivity index (χ4v) is 3.72. The van der Waals surface area contributed by atoms with Gasteiger partial charge in [-0.25, -0.2) is 9.97 Å². The minimum Gasteiger partial charge on any atom is -0.454 e. The maximum Gasteiger partial charge on any atom is 0.237 e. The first-order chi connectivity index (χ1) is 15.0. The summed E-state index contributed by atoms with van der Waals surface area (Å²) >= 11 is 5.80. The van der Waals surface area contributed by atoms with Gasteiger partial charge in [-0.2, -0.15) is 4.98 Å². The molecule has 31 heavy (non-hydrogen) atoms. The molecule has 8 nitrogen and oxygen atoms in total. The maximum absolute atomic E-state index is 5.80. The quantitative estimate of drug-likeness (QED) is 0.537. The fraction of sp³-hybridized carbons (Fsp3) is 0.364. The second kappa shape index (κ2) is 9.30. The third-order valence-electron chi connectivity index (χ3n) is 5.16. The molecule has 1 aliphatic rings. The molecule has 2 aromatic heterocycles. The Hall–Kier alpha value is -3.20. The molecular formula is C22H26N6O2S. The minimum absolute atomic E-state index is 0.0123. The SMILES string of the molecule is CCC(Nc1cc(C)nc(-n2ccnc2)n1)C(=S)N(C)CCc1ccc2c(c1)OCO2. The van der Waals surface area contributed by atoms with Crippen molar-refractivity contribution < 1.29 is 9.47 Å². The molecule has 0 saturated heterocycles. The normalized spacial score (nSPS) is 13.1. The molecule has 0 amide bonds. The molecule has 9 heteroatoms. The zero-order chi connectivity index (χ0) is 21.8. The van der Waals surface area contributed by atoms with Gasteiger partial charge in [-0.1, -0.05) is 25.2 Å². The third kappa shape index (κ3) is 4.93. The predicted octanol–water partition coefficient (Wildman–Crippen LogP) is 3.39. The number of nitrogens with zero attached hydrogens (tertiary/aromatic N) is 5. The smallest absolute Gasteiger partial charge is 0.237 e. The van der Waals surface area contributed by atoms with E-state index in [0.29, 0.717) is 5.95 Å². The number of imidazole rings is 1. The Kier molecular flexibility index (Phi) is 6.31. The fourth-order valence-electron chi connectivity index (χ4n) is 3.41. The highest BCUT2D eigenvalue weighted by Crippen LogP contribution is 2.32. The van der Waals surface area contributed by atoms with Gasteiger partial charge in [0, 0.05) is 37.7 Å². The molecule has 1 N–H and O–H groups in total. The second-order valence-corrected chi connectivity index (χ2v) is 7.89. The lowest BCUT2D eigenvalue weighted by Crippen LogP contribution is -2.40. The Bertz CT molecular complexity index is 1060. The molecule has 162 valence electrons. The highest BCUT2D eigenvalue weighted by molar-refractivity contribution is 7.80. The Morgan fingerprint density at radius 3 is 2.87 bits per heavy atom. The molecule has 0 saturated carbocycles. The highest BCUT2D eigenvalue weighted by Gasteiger charge is 2.18. The lowest BCUT2D eigenvalue weighted by molar-refractivity contribution is 0.174. The van der Waals surface area contributed by atoms with E-state index >= 15 is 0 Å². The van der Waals surface area contributed by atoms with Crippen LogP contribution in [0.2, 0.25) is 0 Å². The van der Waals surface area contributed by atoms with Crippen molar-refractivity contribution in [3.05, 3.63) is 54.2 Å². The Morgan fingerprint density at radius 2 is 2.10 bits per heavy atom. The van der Waals surface area contributed by atoms with Gasteiger partial charge >= 0.3 is 0 Å². The van der Waals surface area contributed by atoms with Crippen LogP contribution in [0.1, 0.15) is 24.6 Å². The molecule has 0 radical (unpaired) electrons. The monoisotopic (exact) mass is 438 g/mol. The first-order valence-corrected chi connectivity index (χ1v) is 10.7. The van der Waals surface area contributed by atoms with Crippen molar-refractivity contribution >= 4 is 23.0 Å². The average molecular weight is 439 g/mol. The number of nitrogens with one attached hydrogen (secondary N) is 1. The van der Waals surface area contributed by atoms with Crippen molar-refractivity contribution in [3.8, 4) is 17.4 Å². The molecule has 0 fully saturated rings. The van der Waals surface area contributed by atoms with Crippen LogP contribution in [0, 0.1) is 6.92 Å². The van der Waals surface area contributed by atoms with E-state index in [1.807, 2.05) is 38.4 Å². The number of fused-ring (bicyclic) bond motifs is 1. The minimum atomic E-state index is -0.0123. The number of anilines is 1. The van der Waals surface area contributed by atoms with Crippen LogP contribution in [0.3, 0.4) is 0 Å². The Morgan fingerprint density at radius 1 is 1.26 bits per heavy atom. The summed E-state index contributed by atoms with van der Waals surface area (Å²) < 4.78 is 12.6. The third-order valence-corrected chi connectivity index (χ3v) is 5.75. The lowest BCUT2D eigenvalue weighted by Gasteiger charge is -2.27. The molecule has 1 atom stereocenters. The van der Waals surface area contributed by atoms with Gasteiger partial charge < -0.3 is 19.7 Å². The van der Waals surface area contributed by atoms with Gasteiger partial charge in [0.2, 0.25) is 12.7 Å². The zero-order valence-electron chi connectivity index (χ0n) is 17.9. The summed E-state index contributed by atoms with van der Waals surface area (Å²) in [7, 11) is 2.03. The van der Waals surface area contributed by atoms with Gasteiger partial charge in [0.25, 0.3) is 0 Å². The molecule has 1 unspecified atom stereocenters. The number of hydrogen-bond donors (Lipinski definition) is 1. The number of ether oxygens (including phenoxy) is 2. The van der Waals surface area contributed by atoms with Crippen molar-refractivity contribution in [2.45, 2.75) is 32.7 Å². The van der Waals surface area contributed by atoms with Crippen molar-refractivity contribution in [3.63, 3.8) is 0 Å². The van der Waals surface area contributed by atoms with Crippen molar-refractivity contribution in [1.82, 2.24) is 24.4 Å². The van der Waals surface area contributed by atoms with E-state index in [1.165, 1.54) is 5.56 Å². The molecule has 0 aliphatic carbocycles. The summed E-state index contributed by atoms with van der Waals surface area (Å²) in [5, 5.41) is 3.48.